The van der Waals surface area contributed by atoms with Crippen molar-refractivity contribution in [2.45, 2.75) is 58.9 Å². The molecule has 1 aromatic heterocycles. The number of hydrogen-bond acceptors (Lipinski definition) is 5. The van der Waals surface area contributed by atoms with Crippen molar-refractivity contribution >= 4 is 11.6 Å². The van der Waals surface area contributed by atoms with E-state index in [-0.39, 0.29) is 11.5 Å². The molecule has 1 heterocycles. The van der Waals surface area contributed by atoms with Crippen LogP contribution in [0.4, 0.5) is 11.6 Å². The van der Waals surface area contributed by atoms with Gasteiger partial charge in [0.05, 0.1) is 0 Å². The van der Waals surface area contributed by atoms with Gasteiger partial charge in [0, 0.05) is 17.5 Å². The molecule has 0 saturated heterocycles. The third kappa shape index (κ3) is 3.57. The zero-order valence-corrected chi connectivity index (χ0v) is 12.0. The molecule has 4 N–H and O–H groups in total. The molecule has 0 aliphatic carbocycles. The monoisotopic (exact) mass is 251 g/mol. The number of hydrazine groups is 1. The molecule has 102 valence electrons. The Hall–Kier alpha value is -1.36. The standard InChI is InChI=1S/C13H25N5/c1-6-13(5,7-2)17-10-8-11(18-14)16-12(15-10)9(3)4/h8-9H,6-7,14H2,1-5H3,(H2,15,16,17,18). The SMILES string of the molecule is CCC(C)(CC)Nc1cc(NN)nc(C(C)C)n1. The predicted octanol–water partition coefficient (Wildman–Crippen LogP) is 2.88. The van der Waals surface area contributed by atoms with Gasteiger partial charge in [-0.2, -0.15) is 0 Å². The molecule has 0 aliphatic heterocycles. The molecule has 5 heteroatoms. The summed E-state index contributed by atoms with van der Waals surface area (Å²) in [4.78, 5) is 8.89. The minimum Gasteiger partial charge on any atom is -0.365 e. The van der Waals surface area contributed by atoms with E-state index >= 15 is 0 Å². The quantitative estimate of drug-likeness (QED) is 0.535. The van der Waals surface area contributed by atoms with Crippen LogP contribution in [-0.2, 0) is 0 Å². The second-order valence-corrected chi connectivity index (χ2v) is 5.19. The number of hydrogen-bond donors (Lipinski definition) is 3. The third-order valence-electron chi connectivity index (χ3n) is 3.40. The maximum atomic E-state index is 5.45. The van der Waals surface area contributed by atoms with Crippen LogP contribution in [0.5, 0.6) is 0 Å². The average Bonchev–Trinajstić information content (AvgIpc) is 2.38. The summed E-state index contributed by atoms with van der Waals surface area (Å²) < 4.78 is 0. The molecular formula is C13H25N5. The fourth-order valence-electron chi connectivity index (χ4n) is 1.60. The fourth-order valence-corrected chi connectivity index (χ4v) is 1.60. The van der Waals surface area contributed by atoms with Crippen LogP contribution in [-0.4, -0.2) is 15.5 Å². The first-order valence-corrected chi connectivity index (χ1v) is 6.58. The van der Waals surface area contributed by atoms with Crippen LogP contribution in [0.25, 0.3) is 0 Å². The lowest BCUT2D eigenvalue weighted by molar-refractivity contribution is 0.476. The summed E-state index contributed by atoms with van der Waals surface area (Å²) in [6, 6.07) is 1.84. The maximum absolute atomic E-state index is 5.45. The van der Waals surface area contributed by atoms with E-state index in [1.165, 1.54) is 0 Å². The first-order chi connectivity index (χ1) is 8.44. The summed E-state index contributed by atoms with van der Waals surface area (Å²) in [5.41, 5.74) is 2.64. The van der Waals surface area contributed by atoms with Gasteiger partial charge >= 0.3 is 0 Å². The van der Waals surface area contributed by atoms with Crippen molar-refractivity contribution in [3.63, 3.8) is 0 Å². The molecule has 0 spiro atoms. The Morgan fingerprint density at radius 3 is 2.22 bits per heavy atom. The second kappa shape index (κ2) is 6.00. The number of rotatable bonds is 6. The number of aromatic nitrogens is 2. The number of nitrogens with two attached hydrogens (primary N) is 1. The van der Waals surface area contributed by atoms with Gasteiger partial charge in [-0.1, -0.05) is 27.7 Å². The van der Waals surface area contributed by atoms with E-state index in [0.29, 0.717) is 5.82 Å². The number of nitrogens with one attached hydrogen (secondary N) is 2. The Balaban J connectivity index is 3.04. The van der Waals surface area contributed by atoms with Crippen LogP contribution >= 0.6 is 0 Å². The predicted molar refractivity (Wildman–Crippen MR) is 76.5 cm³/mol. The van der Waals surface area contributed by atoms with E-state index in [2.05, 4.69) is 55.3 Å². The van der Waals surface area contributed by atoms with Gasteiger partial charge in [-0.05, 0) is 19.8 Å². The van der Waals surface area contributed by atoms with Gasteiger partial charge < -0.3 is 10.7 Å². The molecule has 18 heavy (non-hydrogen) atoms. The minimum absolute atomic E-state index is 0.0501. The third-order valence-corrected chi connectivity index (χ3v) is 3.40. The first-order valence-electron chi connectivity index (χ1n) is 6.58. The maximum Gasteiger partial charge on any atom is 0.145 e. The number of anilines is 2. The fraction of sp³-hybridized carbons (Fsp3) is 0.692. The summed E-state index contributed by atoms with van der Waals surface area (Å²) in [5.74, 6) is 7.99. The van der Waals surface area contributed by atoms with Gasteiger partial charge in [0.15, 0.2) is 0 Å². The van der Waals surface area contributed by atoms with Gasteiger partial charge in [-0.15, -0.1) is 0 Å². The summed E-state index contributed by atoms with van der Waals surface area (Å²) in [5, 5.41) is 3.48. The molecule has 5 nitrogen and oxygen atoms in total. The molecule has 0 atom stereocenters. The van der Waals surface area contributed by atoms with Gasteiger partial charge in [0.1, 0.15) is 17.5 Å². The van der Waals surface area contributed by atoms with E-state index in [1.807, 2.05) is 6.07 Å². The molecule has 0 bridgehead atoms. The molecule has 0 saturated carbocycles. The molecule has 0 radical (unpaired) electrons. The first kappa shape index (κ1) is 14.7. The van der Waals surface area contributed by atoms with Crippen molar-refractivity contribution in [3.8, 4) is 0 Å². The Morgan fingerprint density at radius 2 is 1.78 bits per heavy atom. The van der Waals surface area contributed by atoms with E-state index < -0.39 is 0 Å². The van der Waals surface area contributed by atoms with E-state index in [1.54, 1.807) is 0 Å². The van der Waals surface area contributed by atoms with Crippen LogP contribution in [0, 0.1) is 0 Å². The van der Waals surface area contributed by atoms with Crippen molar-refractivity contribution < 1.29 is 0 Å². The topological polar surface area (TPSA) is 75.9 Å². The largest absolute Gasteiger partial charge is 0.365 e. The normalized spacial score (nSPS) is 11.7. The van der Waals surface area contributed by atoms with Crippen LogP contribution in [0.15, 0.2) is 6.07 Å². The number of nitrogens with zero attached hydrogens (tertiary/aromatic N) is 2. The van der Waals surface area contributed by atoms with Crippen LogP contribution < -0.4 is 16.6 Å². The van der Waals surface area contributed by atoms with Crippen molar-refractivity contribution in [2.24, 2.45) is 5.84 Å². The van der Waals surface area contributed by atoms with Gasteiger partial charge in [0.25, 0.3) is 0 Å². The zero-order chi connectivity index (χ0) is 13.8. The summed E-state index contributed by atoms with van der Waals surface area (Å²) in [6.45, 7) is 10.7. The lowest BCUT2D eigenvalue weighted by Gasteiger charge is -2.29. The summed E-state index contributed by atoms with van der Waals surface area (Å²) in [7, 11) is 0. The highest BCUT2D eigenvalue weighted by Gasteiger charge is 2.20. The molecule has 0 aromatic carbocycles. The highest BCUT2D eigenvalue weighted by Crippen LogP contribution is 2.23. The Labute approximate surface area is 110 Å². The van der Waals surface area contributed by atoms with E-state index in [0.717, 1.165) is 24.5 Å². The van der Waals surface area contributed by atoms with Crippen molar-refractivity contribution in [1.82, 2.24) is 9.97 Å². The smallest absolute Gasteiger partial charge is 0.145 e. The molecule has 0 unspecified atom stereocenters. The molecule has 0 fully saturated rings. The molecule has 1 rings (SSSR count). The summed E-state index contributed by atoms with van der Waals surface area (Å²) in [6.07, 6.45) is 2.08. The zero-order valence-electron chi connectivity index (χ0n) is 12.0. The Kier molecular flexibility index (Phi) is 4.90. The van der Waals surface area contributed by atoms with Crippen molar-refractivity contribution in [3.05, 3.63) is 11.9 Å². The second-order valence-electron chi connectivity index (χ2n) is 5.19. The van der Waals surface area contributed by atoms with Crippen LogP contribution in [0.1, 0.15) is 59.2 Å². The van der Waals surface area contributed by atoms with Gasteiger partial charge in [0.2, 0.25) is 0 Å². The van der Waals surface area contributed by atoms with Crippen molar-refractivity contribution in [2.75, 3.05) is 10.7 Å². The average molecular weight is 251 g/mol. The highest BCUT2D eigenvalue weighted by atomic mass is 15.3. The lowest BCUT2D eigenvalue weighted by Crippen LogP contribution is -2.33. The molecule has 1 aromatic rings. The Bertz CT molecular complexity index is 385. The van der Waals surface area contributed by atoms with E-state index in [9.17, 15) is 0 Å². The number of nitrogen functional groups attached to an aromatic ring is 1. The van der Waals surface area contributed by atoms with Crippen molar-refractivity contribution in [1.29, 1.82) is 0 Å². The molecule has 0 aliphatic rings. The minimum atomic E-state index is 0.0501. The van der Waals surface area contributed by atoms with Crippen LogP contribution in [0.3, 0.4) is 0 Å². The van der Waals surface area contributed by atoms with Gasteiger partial charge in [-0.25, -0.2) is 15.8 Å². The molecule has 0 amide bonds. The van der Waals surface area contributed by atoms with Gasteiger partial charge in [-0.3, -0.25) is 0 Å². The Morgan fingerprint density at radius 1 is 1.22 bits per heavy atom. The molecular weight excluding hydrogens is 226 g/mol. The lowest BCUT2D eigenvalue weighted by atomic mass is 9.96. The summed E-state index contributed by atoms with van der Waals surface area (Å²) >= 11 is 0. The van der Waals surface area contributed by atoms with Crippen LogP contribution in [0.2, 0.25) is 0 Å². The highest BCUT2D eigenvalue weighted by molar-refractivity contribution is 5.48. The van der Waals surface area contributed by atoms with E-state index in [4.69, 9.17) is 5.84 Å².